The van der Waals surface area contributed by atoms with Crippen LogP contribution >= 0.6 is 11.8 Å². The third-order valence-corrected chi connectivity index (χ3v) is 6.93. The number of rotatable bonds is 9. The van der Waals surface area contributed by atoms with Crippen LogP contribution in [-0.2, 0) is 4.74 Å². The third kappa shape index (κ3) is 8.72. The molecule has 0 bridgehead atoms. The Hall–Kier alpha value is 0.344. The molecule has 0 saturated heterocycles. The first-order chi connectivity index (χ1) is 11.0. The van der Waals surface area contributed by atoms with Crippen LogP contribution < -0.4 is 18.9 Å². The maximum absolute atomic E-state index is 5.83. The van der Waals surface area contributed by atoms with Gasteiger partial charge in [0.05, 0.1) is 0 Å². The van der Waals surface area contributed by atoms with Crippen LogP contribution in [0.15, 0.2) is 17.0 Å². The molecule has 138 valence electrons. The Labute approximate surface area is 174 Å². The first kappa shape index (κ1) is 25.3. The number of ether oxygens (including phenoxy) is 1. The number of thioether (sulfide) groups is 1. The summed E-state index contributed by atoms with van der Waals surface area (Å²) in [5.74, 6) is 3.58. The Morgan fingerprint density at radius 3 is 1.76 bits per heavy atom. The Balaban J connectivity index is 0.00000576. The van der Waals surface area contributed by atoms with Gasteiger partial charge in [0, 0.05) is 14.7 Å². The molecule has 25 heavy (non-hydrogen) atoms. The van der Waals surface area contributed by atoms with Crippen molar-refractivity contribution in [3.05, 3.63) is 34.8 Å². The summed E-state index contributed by atoms with van der Waals surface area (Å²) in [6, 6.07) is 6.02. The summed E-state index contributed by atoms with van der Waals surface area (Å²) in [6.45, 7) is 21.7. The first-order valence-electron chi connectivity index (χ1n) is 9.30. The van der Waals surface area contributed by atoms with Crippen molar-refractivity contribution < 1.29 is 23.6 Å². The molecular weight excluding hydrogens is 335 g/mol. The third-order valence-electron chi connectivity index (χ3n) is 4.28. The van der Waals surface area contributed by atoms with Gasteiger partial charge < -0.3 is 4.74 Å². The van der Waals surface area contributed by atoms with Crippen molar-refractivity contribution in [2.75, 3.05) is 6.61 Å². The molecule has 4 heteroatoms. The second-order valence-electron chi connectivity index (χ2n) is 8.89. The molecule has 0 heterocycles. The minimum Gasteiger partial charge on any atom is -0.541 e. The van der Waals surface area contributed by atoms with Crippen molar-refractivity contribution in [1.82, 2.24) is 0 Å². The van der Waals surface area contributed by atoms with E-state index in [0.717, 1.165) is 6.61 Å². The summed E-state index contributed by atoms with van der Waals surface area (Å²) in [5.41, 5.74) is 4.37. The van der Waals surface area contributed by atoms with E-state index in [0.29, 0.717) is 17.8 Å². The molecule has 0 N–H and O–H groups in total. The number of benzene rings is 1. The van der Waals surface area contributed by atoms with Crippen LogP contribution in [0.1, 0.15) is 76.0 Å². The van der Waals surface area contributed by atoms with E-state index in [1.807, 2.05) is 5.94 Å². The van der Waals surface area contributed by atoms with E-state index < -0.39 is 8.07 Å². The first-order valence-corrected chi connectivity index (χ1v) is 13.9. The van der Waals surface area contributed by atoms with E-state index in [-0.39, 0.29) is 18.9 Å². The van der Waals surface area contributed by atoms with Gasteiger partial charge in [0.2, 0.25) is 0 Å². The quantitative estimate of drug-likeness (QED) is 0.271. The molecule has 0 aliphatic rings. The van der Waals surface area contributed by atoms with Crippen LogP contribution in [0.3, 0.4) is 0 Å². The number of hydrogen-bond acceptors (Lipinski definition) is 2. The van der Waals surface area contributed by atoms with Gasteiger partial charge in [-0.1, -0.05) is 73.3 Å². The van der Waals surface area contributed by atoms with Crippen molar-refractivity contribution in [3.63, 3.8) is 0 Å². The zero-order valence-corrected chi connectivity index (χ0v) is 20.0. The Kier molecular flexibility index (Phi) is 11.4. The second-order valence-corrected chi connectivity index (χ2v) is 15.3. The molecule has 0 aliphatic heterocycles. The predicted molar refractivity (Wildman–Crippen MR) is 113 cm³/mol. The second kappa shape index (κ2) is 11.2. The van der Waals surface area contributed by atoms with Crippen molar-refractivity contribution in [2.24, 2.45) is 0 Å². The average Bonchev–Trinajstić information content (AvgIpc) is 2.44. The largest absolute Gasteiger partial charge is 1.00 e. The van der Waals surface area contributed by atoms with E-state index in [1.54, 1.807) is 11.8 Å². The molecule has 0 saturated carbocycles. The standard InChI is InChI=1S/C21H37OSSi.Li/c1-15(2)18-12-19(16(3)4)21(20(13-18)17(5)6)23-14-22-10-11-24(7,8)9;/h12-17H,10-11H2,1-9H3;/q-1;+1. The van der Waals surface area contributed by atoms with Gasteiger partial charge >= 0.3 is 18.9 Å². The molecule has 1 aromatic carbocycles. The van der Waals surface area contributed by atoms with Gasteiger partial charge in [0.15, 0.2) is 0 Å². The van der Waals surface area contributed by atoms with Gasteiger partial charge in [-0.25, -0.2) is 0 Å². The SMILES string of the molecule is CC(C)c1cc(C(C)C)c(S[CH-]OCC[Si](C)(C)C)c(C(C)C)c1.[Li+]. The van der Waals surface area contributed by atoms with Crippen LogP contribution in [0, 0.1) is 5.94 Å². The van der Waals surface area contributed by atoms with Crippen molar-refractivity contribution in [2.45, 2.75) is 89.9 Å². The van der Waals surface area contributed by atoms with Crippen LogP contribution in [0.2, 0.25) is 25.7 Å². The van der Waals surface area contributed by atoms with Gasteiger partial charge in [-0.15, -0.1) is 0 Å². The summed E-state index contributed by atoms with van der Waals surface area (Å²) >= 11 is 1.77. The summed E-state index contributed by atoms with van der Waals surface area (Å²) in [7, 11) is -1.02. The molecule has 0 fully saturated rings. The fourth-order valence-corrected chi connectivity index (χ4v) is 4.37. The van der Waals surface area contributed by atoms with Crippen LogP contribution in [-0.4, -0.2) is 14.7 Å². The average molecular weight is 373 g/mol. The molecule has 0 aromatic heterocycles. The minimum absolute atomic E-state index is 0. The van der Waals surface area contributed by atoms with Crippen molar-refractivity contribution in [3.8, 4) is 0 Å². The number of hydrogen-bond donors (Lipinski definition) is 0. The van der Waals surface area contributed by atoms with Gasteiger partial charge in [0.1, 0.15) is 0 Å². The summed E-state index contributed by atoms with van der Waals surface area (Å²) < 4.78 is 5.83. The maximum atomic E-state index is 5.83. The summed E-state index contributed by atoms with van der Waals surface area (Å²) in [6.07, 6.45) is 0. The minimum atomic E-state index is -1.02. The van der Waals surface area contributed by atoms with Crippen LogP contribution in [0.25, 0.3) is 0 Å². The fraction of sp³-hybridized carbons (Fsp3) is 0.667. The Morgan fingerprint density at radius 1 is 0.920 bits per heavy atom. The van der Waals surface area contributed by atoms with Crippen molar-refractivity contribution >= 4 is 19.8 Å². The van der Waals surface area contributed by atoms with Gasteiger partial charge in [-0.05, 0) is 45.4 Å². The zero-order chi connectivity index (χ0) is 18.5. The van der Waals surface area contributed by atoms with Crippen LogP contribution in [0.4, 0.5) is 0 Å². The molecule has 1 aromatic rings. The molecule has 0 aliphatic carbocycles. The molecular formula is C21H37LiOSSi. The molecule has 1 nitrogen and oxygen atoms in total. The van der Waals surface area contributed by atoms with Gasteiger partial charge in [-0.3, -0.25) is 11.8 Å². The summed E-state index contributed by atoms with van der Waals surface area (Å²) in [5, 5.41) is 0. The topological polar surface area (TPSA) is 9.23 Å². The molecule has 0 spiro atoms. The predicted octanol–water partition coefficient (Wildman–Crippen LogP) is 4.63. The van der Waals surface area contributed by atoms with E-state index >= 15 is 0 Å². The van der Waals surface area contributed by atoms with E-state index in [2.05, 4.69) is 73.3 Å². The Morgan fingerprint density at radius 2 is 1.40 bits per heavy atom. The molecule has 0 atom stereocenters. The van der Waals surface area contributed by atoms with Gasteiger partial charge in [0.25, 0.3) is 0 Å². The van der Waals surface area contributed by atoms with Gasteiger partial charge in [-0.2, -0.15) is 5.94 Å². The monoisotopic (exact) mass is 372 g/mol. The zero-order valence-electron chi connectivity index (χ0n) is 18.2. The molecule has 1 rings (SSSR count). The normalized spacial score (nSPS) is 12.2. The fourth-order valence-electron chi connectivity index (χ4n) is 2.52. The molecule has 0 radical (unpaired) electrons. The van der Waals surface area contributed by atoms with Crippen LogP contribution in [0.5, 0.6) is 0 Å². The molecule has 0 amide bonds. The molecule has 0 unspecified atom stereocenters. The maximum Gasteiger partial charge on any atom is 1.00 e. The summed E-state index contributed by atoms with van der Waals surface area (Å²) in [4.78, 5) is 1.40. The van der Waals surface area contributed by atoms with E-state index in [4.69, 9.17) is 4.74 Å². The van der Waals surface area contributed by atoms with E-state index in [1.165, 1.54) is 27.6 Å². The smallest absolute Gasteiger partial charge is 0.541 e. The van der Waals surface area contributed by atoms with Crippen molar-refractivity contribution in [1.29, 1.82) is 0 Å². The van der Waals surface area contributed by atoms with E-state index in [9.17, 15) is 0 Å². The Bertz CT molecular complexity index is 492.